The third kappa shape index (κ3) is 4.23. The fourth-order valence-corrected chi connectivity index (χ4v) is 1.26. The topological polar surface area (TPSA) is 0 Å². The van der Waals surface area contributed by atoms with Gasteiger partial charge < -0.3 is 0 Å². The summed E-state index contributed by atoms with van der Waals surface area (Å²) in [5.74, 6) is 1.62. The minimum atomic E-state index is 0.365. The van der Waals surface area contributed by atoms with Crippen LogP contribution in [0.4, 0.5) is 0 Å². The van der Waals surface area contributed by atoms with Gasteiger partial charge >= 0.3 is 0 Å². The van der Waals surface area contributed by atoms with Crippen molar-refractivity contribution in [2.75, 3.05) is 0 Å². The third-order valence-electron chi connectivity index (χ3n) is 2.00. The summed E-state index contributed by atoms with van der Waals surface area (Å²) in [5, 5.41) is 0. The molecule has 0 bridgehead atoms. The second-order valence-electron chi connectivity index (χ2n) is 4.10. The zero-order valence-electron chi connectivity index (χ0n) is 8.41. The molecule has 11 heavy (non-hydrogen) atoms. The Balaban J connectivity index is 3.97. The molecule has 0 aromatic rings. The SMILES string of the molecule is C=CC[C](CCC)C(C)(C)C. The Morgan fingerprint density at radius 1 is 1.36 bits per heavy atom. The van der Waals surface area contributed by atoms with E-state index in [0.29, 0.717) is 5.41 Å². The number of allylic oxidation sites excluding steroid dienone is 1. The molecular weight excluding hydrogens is 132 g/mol. The lowest BCUT2D eigenvalue weighted by atomic mass is 9.76. The van der Waals surface area contributed by atoms with Gasteiger partial charge in [-0.2, -0.15) is 0 Å². The van der Waals surface area contributed by atoms with Crippen LogP contribution in [0.15, 0.2) is 12.7 Å². The van der Waals surface area contributed by atoms with Gasteiger partial charge in [-0.1, -0.05) is 40.2 Å². The van der Waals surface area contributed by atoms with Crippen molar-refractivity contribution in [3.63, 3.8) is 0 Å². The van der Waals surface area contributed by atoms with Gasteiger partial charge in [0.15, 0.2) is 0 Å². The fourth-order valence-electron chi connectivity index (χ4n) is 1.26. The Labute approximate surface area is 71.7 Å². The first-order valence-electron chi connectivity index (χ1n) is 4.48. The van der Waals surface area contributed by atoms with Crippen LogP contribution in [-0.2, 0) is 0 Å². The summed E-state index contributed by atoms with van der Waals surface area (Å²) >= 11 is 0. The molecule has 0 aromatic carbocycles. The Morgan fingerprint density at radius 3 is 2.18 bits per heavy atom. The lowest BCUT2D eigenvalue weighted by molar-refractivity contribution is 0.394. The highest BCUT2D eigenvalue weighted by molar-refractivity contribution is 5.04. The van der Waals surface area contributed by atoms with Gasteiger partial charge in [0.2, 0.25) is 0 Å². The molecule has 0 spiro atoms. The summed E-state index contributed by atoms with van der Waals surface area (Å²) < 4.78 is 0. The first-order valence-corrected chi connectivity index (χ1v) is 4.48. The van der Waals surface area contributed by atoms with E-state index in [4.69, 9.17) is 0 Å². The van der Waals surface area contributed by atoms with Gasteiger partial charge in [-0.25, -0.2) is 0 Å². The minimum absolute atomic E-state index is 0.365. The van der Waals surface area contributed by atoms with Crippen molar-refractivity contribution in [2.24, 2.45) is 5.41 Å². The van der Waals surface area contributed by atoms with Crippen LogP contribution >= 0.6 is 0 Å². The van der Waals surface area contributed by atoms with Gasteiger partial charge in [-0.15, -0.1) is 6.58 Å². The molecule has 0 fully saturated rings. The predicted molar refractivity (Wildman–Crippen MR) is 52.4 cm³/mol. The van der Waals surface area contributed by atoms with E-state index < -0.39 is 0 Å². The number of rotatable bonds is 4. The van der Waals surface area contributed by atoms with Crippen LogP contribution in [0.25, 0.3) is 0 Å². The molecule has 0 aliphatic heterocycles. The average Bonchev–Trinajstić information content (AvgIpc) is 1.85. The first-order chi connectivity index (χ1) is 5.02. The summed E-state index contributed by atoms with van der Waals surface area (Å²) in [4.78, 5) is 0. The molecule has 0 N–H and O–H groups in total. The van der Waals surface area contributed by atoms with Gasteiger partial charge in [0.25, 0.3) is 0 Å². The number of hydrogen-bond acceptors (Lipinski definition) is 0. The summed E-state index contributed by atoms with van der Waals surface area (Å²) in [5.41, 5.74) is 0.365. The third-order valence-corrected chi connectivity index (χ3v) is 2.00. The molecule has 0 amide bonds. The normalized spacial score (nSPS) is 12.1. The summed E-state index contributed by atoms with van der Waals surface area (Å²) in [7, 11) is 0. The van der Waals surface area contributed by atoms with Crippen molar-refractivity contribution >= 4 is 0 Å². The molecule has 0 unspecified atom stereocenters. The van der Waals surface area contributed by atoms with Gasteiger partial charge in [0, 0.05) is 0 Å². The van der Waals surface area contributed by atoms with Crippen LogP contribution in [0.1, 0.15) is 47.0 Å². The van der Waals surface area contributed by atoms with Crippen molar-refractivity contribution in [3.05, 3.63) is 18.6 Å². The maximum atomic E-state index is 3.78. The van der Waals surface area contributed by atoms with E-state index in [9.17, 15) is 0 Å². The highest BCUT2D eigenvalue weighted by Crippen LogP contribution is 2.34. The van der Waals surface area contributed by atoms with Crippen LogP contribution in [-0.4, -0.2) is 0 Å². The average molecular weight is 153 g/mol. The van der Waals surface area contributed by atoms with Crippen molar-refractivity contribution < 1.29 is 0 Å². The molecule has 1 radical (unpaired) electrons. The van der Waals surface area contributed by atoms with Crippen LogP contribution in [0.2, 0.25) is 0 Å². The predicted octanol–water partition coefficient (Wildman–Crippen LogP) is 3.98. The lowest BCUT2D eigenvalue weighted by Crippen LogP contribution is -2.17. The second-order valence-corrected chi connectivity index (χ2v) is 4.10. The monoisotopic (exact) mass is 153 g/mol. The standard InChI is InChI=1S/C11H21/c1-6-8-10(9-7-2)11(3,4)5/h6H,1,7-9H2,2-5H3. The molecule has 0 saturated carbocycles. The number of hydrogen-bond donors (Lipinski definition) is 0. The van der Waals surface area contributed by atoms with E-state index in [-0.39, 0.29) is 0 Å². The zero-order chi connectivity index (χ0) is 8.91. The van der Waals surface area contributed by atoms with Crippen molar-refractivity contribution in [2.45, 2.75) is 47.0 Å². The van der Waals surface area contributed by atoms with Crippen molar-refractivity contribution in [1.82, 2.24) is 0 Å². The van der Waals surface area contributed by atoms with E-state index >= 15 is 0 Å². The molecular formula is C11H21. The van der Waals surface area contributed by atoms with E-state index in [1.54, 1.807) is 5.92 Å². The largest absolute Gasteiger partial charge is 0.103 e. The van der Waals surface area contributed by atoms with Gasteiger partial charge in [-0.05, 0) is 24.2 Å². The minimum Gasteiger partial charge on any atom is -0.103 e. The van der Waals surface area contributed by atoms with Crippen molar-refractivity contribution in [1.29, 1.82) is 0 Å². The van der Waals surface area contributed by atoms with Crippen LogP contribution in [0, 0.1) is 11.3 Å². The quantitative estimate of drug-likeness (QED) is 0.536. The molecule has 0 atom stereocenters. The van der Waals surface area contributed by atoms with Crippen LogP contribution < -0.4 is 0 Å². The maximum absolute atomic E-state index is 3.78. The van der Waals surface area contributed by atoms with E-state index in [1.165, 1.54) is 12.8 Å². The first kappa shape index (κ1) is 10.7. The summed E-state index contributed by atoms with van der Waals surface area (Å²) in [6, 6.07) is 0. The summed E-state index contributed by atoms with van der Waals surface area (Å²) in [6.45, 7) is 12.8. The second kappa shape index (κ2) is 4.58. The summed E-state index contributed by atoms with van der Waals surface area (Å²) in [6.07, 6.45) is 5.59. The van der Waals surface area contributed by atoms with Gasteiger partial charge in [0.1, 0.15) is 0 Å². The van der Waals surface area contributed by atoms with Crippen molar-refractivity contribution in [3.8, 4) is 0 Å². The molecule has 0 aliphatic carbocycles. The highest BCUT2D eigenvalue weighted by atomic mass is 14.3. The fraction of sp³-hybridized carbons (Fsp3) is 0.727. The Hall–Kier alpha value is -0.260. The van der Waals surface area contributed by atoms with Crippen LogP contribution in [0.3, 0.4) is 0 Å². The molecule has 65 valence electrons. The van der Waals surface area contributed by atoms with Crippen LogP contribution in [0.5, 0.6) is 0 Å². The Bertz CT molecular complexity index is 106. The molecule has 0 rings (SSSR count). The van der Waals surface area contributed by atoms with E-state index in [1.807, 2.05) is 6.08 Å². The molecule has 0 heterocycles. The van der Waals surface area contributed by atoms with E-state index in [0.717, 1.165) is 6.42 Å². The Morgan fingerprint density at radius 2 is 1.91 bits per heavy atom. The van der Waals surface area contributed by atoms with Gasteiger partial charge in [0.05, 0.1) is 0 Å². The lowest BCUT2D eigenvalue weighted by Gasteiger charge is -2.28. The zero-order valence-corrected chi connectivity index (χ0v) is 8.41. The smallest absolute Gasteiger partial charge is 0.0150 e. The molecule has 0 heteroatoms. The molecule has 0 aromatic heterocycles. The van der Waals surface area contributed by atoms with E-state index in [2.05, 4.69) is 34.3 Å². The van der Waals surface area contributed by atoms with Gasteiger partial charge in [-0.3, -0.25) is 0 Å². The molecule has 0 saturated heterocycles. The maximum Gasteiger partial charge on any atom is -0.0150 e. The molecule has 0 aliphatic rings. The highest BCUT2D eigenvalue weighted by Gasteiger charge is 2.22. The Kier molecular flexibility index (Phi) is 4.48. The molecule has 0 nitrogen and oxygen atoms in total.